The van der Waals surface area contributed by atoms with Crippen molar-refractivity contribution in [3.8, 4) is 5.75 Å². The molecule has 0 fully saturated rings. The number of carboxylic acids is 1. The first-order chi connectivity index (χ1) is 8.46. The summed E-state index contributed by atoms with van der Waals surface area (Å²) in [5.41, 5.74) is -0.0691. The highest BCUT2D eigenvalue weighted by Crippen LogP contribution is 2.27. The maximum absolute atomic E-state index is 11.3. The van der Waals surface area contributed by atoms with Crippen LogP contribution >= 0.6 is 0 Å². The zero-order valence-corrected chi connectivity index (χ0v) is 10.8. The molecule has 1 heterocycles. The van der Waals surface area contributed by atoms with Gasteiger partial charge in [-0.15, -0.1) is 0 Å². The zero-order chi connectivity index (χ0) is 13.3. The molecule has 0 bridgehead atoms. The number of carboxylic acid groups (broad SMARTS) is 1. The van der Waals surface area contributed by atoms with Crippen LogP contribution < -0.4 is 4.74 Å². The molecule has 0 saturated carbocycles. The molecular formula is C14H17NO3. The second kappa shape index (κ2) is 4.37. The standard InChI is InChI=1S/C14H17NO3/c1-4-18-11-5-6-12-10(9-11)7-8-15(12)14(2,3)13(16)17/h5-9H,4H2,1-3H3,(H,16,17). The molecule has 18 heavy (non-hydrogen) atoms. The fourth-order valence-corrected chi connectivity index (χ4v) is 1.97. The fraction of sp³-hybridized carbons (Fsp3) is 0.357. The van der Waals surface area contributed by atoms with Gasteiger partial charge >= 0.3 is 5.97 Å². The molecule has 0 amide bonds. The molecule has 0 aliphatic rings. The second-order valence-corrected chi connectivity index (χ2v) is 4.70. The Labute approximate surface area is 106 Å². The summed E-state index contributed by atoms with van der Waals surface area (Å²) in [5, 5.41) is 10.2. The Hall–Kier alpha value is -1.97. The first-order valence-electron chi connectivity index (χ1n) is 5.94. The molecular weight excluding hydrogens is 230 g/mol. The summed E-state index contributed by atoms with van der Waals surface area (Å²) in [5.74, 6) is -0.0511. The van der Waals surface area contributed by atoms with E-state index in [1.807, 2.05) is 31.2 Å². The van der Waals surface area contributed by atoms with Gasteiger partial charge in [0.25, 0.3) is 0 Å². The molecule has 4 heteroatoms. The van der Waals surface area contributed by atoms with Crippen LogP contribution in [-0.2, 0) is 10.3 Å². The SMILES string of the molecule is CCOc1ccc2c(ccn2C(C)(C)C(=O)O)c1. The van der Waals surface area contributed by atoms with E-state index in [4.69, 9.17) is 4.74 Å². The Kier molecular flexibility index (Phi) is 3.03. The number of aromatic nitrogens is 1. The van der Waals surface area contributed by atoms with Gasteiger partial charge < -0.3 is 14.4 Å². The smallest absolute Gasteiger partial charge is 0.329 e. The van der Waals surface area contributed by atoms with Crippen LogP contribution in [0.15, 0.2) is 30.5 Å². The van der Waals surface area contributed by atoms with E-state index in [1.165, 1.54) is 0 Å². The third-order valence-electron chi connectivity index (χ3n) is 3.10. The first kappa shape index (κ1) is 12.5. The van der Waals surface area contributed by atoms with Crippen molar-refractivity contribution in [1.29, 1.82) is 0 Å². The lowest BCUT2D eigenvalue weighted by atomic mass is 10.1. The van der Waals surface area contributed by atoms with E-state index in [-0.39, 0.29) is 0 Å². The lowest BCUT2D eigenvalue weighted by Crippen LogP contribution is -2.34. The van der Waals surface area contributed by atoms with Crippen LogP contribution in [-0.4, -0.2) is 22.2 Å². The third-order valence-corrected chi connectivity index (χ3v) is 3.10. The van der Waals surface area contributed by atoms with Crippen LogP contribution in [0.5, 0.6) is 5.75 Å². The molecule has 1 aromatic carbocycles. The summed E-state index contributed by atoms with van der Waals surface area (Å²) >= 11 is 0. The molecule has 2 aromatic rings. The summed E-state index contributed by atoms with van der Waals surface area (Å²) in [4.78, 5) is 11.3. The molecule has 0 radical (unpaired) electrons. The normalized spacial score (nSPS) is 11.7. The summed E-state index contributed by atoms with van der Waals surface area (Å²) in [6.07, 6.45) is 1.80. The molecule has 0 aliphatic heterocycles. The highest BCUT2D eigenvalue weighted by atomic mass is 16.5. The number of nitrogens with zero attached hydrogens (tertiary/aromatic N) is 1. The van der Waals surface area contributed by atoms with Crippen molar-refractivity contribution in [3.05, 3.63) is 30.5 Å². The lowest BCUT2D eigenvalue weighted by Gasteiger charge is -2.22. The van der Waals surface area contributed by atoms with Crippen LogP contribution in [0, 0.1) is 0 Å². The van der Waals surface area contributed by atoms with Crippen molar-refractivity contribution in [2.45, 2.75) is 26.3 Å². The molecule has 0 unspecified atom stereocenters. The van der Waals surface area contributed by atoms with E-state index in [0.29, 0.717) is 6.61 Å². The topological polar surface area (TPSA) is 51.5 Å². The molecule has 1 aromatic heterocycles. The van der Waals surface area contributed by atoms with Gasteiger partial charge in [0.15, 0.2) is 0 Å². The lowest BCUT2D eigenvalue weighted by molar-refractivity contribution is -0.145. The van der Waals surface area contributed by atoms with Crippen LogP contribution in [0.3, 0.4) is 0 Å². The minimum atomic E-state index is -0.963. The molecule has 1 N–H and O–H groups in total. The molecule has 0 saturated heterocycles. The van der Waals surface area contributed by atoms with Crippen molar-refractivity contribution < 1.29 is 14.6 Å². The first-order valence-corrected chi connectivity index (χ1v) is 5.94. The Bertz CT molecular complexity index is 584. The second-order valence-electron chi connectivity index (χ2n) is 4.70. The fourth-order valence-electron chi connectivity index (χ4n) is 1.97. The Morgan fingerprint density at radius 3 is 2.72 bits per heavy atom. The summed E-state index contributed by atoms with van der Waals surface area (Å²) in [6, 6.07) is 7.58. The quantitative estimate of drug-likeness (QED) is 0.903. The van der Waals surface area contributed by atoms with Gasteiger partial charge in [0.1, 0.15) is 11.3 Å². The highest BCUT2D eigenvalue weighted by molar-refractivity contribution is 5.85. The van der Waals surface area contributed by atoms with Gasteiger partial charge in [-0.25, -0.2) is 4.79 Å². The van der Waals surface area contributed by atoms with Crippen LogP contribution in [0.25, 0.3) is 10.9 Å². The number of rotatable bonds is 4. The van der Waals surface area contributed by atoms with E-state index in [9.17, 15) is 9.90 Å². The zero-order valence-electron chi connectivity index (χ0n) is 10.8. The minimum absolute atomic E-state index is 0.618. The van der Waals surface area contributed by atoms with Crippen LogP contribution in [0.1, 0.15) is 20.8 Å². The Morgan fingerprint density at radius 2 is 2.11 bits per heavy atom. The summed E-state index contributed by atoms with van der Waals surface area (Å²) < 4.78 is 7.19. The third kappa shape index (κ3) is 1.94. The van der Waals surface area contributed by atoms with Gasteiger partial charge in [-0.05, 0) is 45.0 Å². The van der Waals surface area contributed by atoms with E-state index in [2.05, 4.69) is 0 Å². The van der Waals surface area contributed by atoms with Gasteiger partial charge in [-0.1, -0.05) is 0 Å². The number of hydrogen-bond acceptors (Lipinski definition) is 2. The molecule has 0 spiro atoms. The van der Waals surface area contributed by atoms with Crippen LogP contribution in [0.2, 0.25) is 0 Å². The number of aliphatic carboxylic acids is 1. The largest absolute Gasteiger partial charge is 0.494 e. The van der Waals surface area contributed by atoms with E-state index >= 15 is 0 Å². The van der Waals surface area contributed by atoms with Crippen molar-refractivity contribution in [2.75, 3.05) is 6.61 Å². The van der Waals surface area contributed by atoms with Gasteiger partial charge in [-0.2, -0.15) is 0 Å². The average Bonchev–Trinajstić information content (AvgIpc) is 2.72. The average molecular weight is 247 g/mol. The van der Waals surface area contributed by atoms with E-state index in [0.717, 1.165) is 16.7 Å². The van der Waals surface area contributed by atoms with Gasteiger partial charge in [0.2, 0.25) is 0 Å². The molecule has 4 nitrogen and oxygen atoms in total. The minimum Gasteiger partial charge on any atom is -0.494 e. The Morgan fingerprint density at radius 1 is 1.39 bits per heavy atom. The van der Waals surface area contributed by atoms with Crippen molar-refractivity contribution in [2.24, 2.45) is 0 Å². The molecule has 0 atom stereocenters. The number of hydrogen-bond donors (Lipinski definition) is 1. The predicted molar refractivity (Wildman–Crippen MR) is 70.1 cm³/mol. The number of carbonyl (C=O) groups is 1. The summed E-state index contributed by atoms with van der Waals surface area (Å²) in [7, 11) is 0. The maximum atomic E-state index is 11.3. The number of fused-ring (bicyclic) bond motifs is 1. The monoisotopic (exact) mass is 247 g/mol. The van der Waals surface area contributed by atoms with E-state index in [1.54, 1.807) is 24.6 Å². The molecule has 96 valence electrons. The van der Waals surface area contributed by atoms with Crippen LogP contribution in [0.4, 0.5) is 0 Å². The summed E-state index contributed by atoms with van der Waals surface area (Å²) in [6.45, 7) is 5.92. The van der Waals surface area contributed by atoms with Gasteiger partial charge in [0, 0.05) is 17.1 Å². The van der Waals surface area contributed by atoms with Gasteiger partial charge in [0.05, 0.1) is 6.61 Å². The van der Waals surface area contributed by atoms with Crippen molar-refractivity contribution in [3.63, 3.8) is 0 Å². The molecule has 2 rings (SSSR count). The van der Waals surface area contributed by atoms with Crippen molar-refractivity contribution in [1.82, 2.24) is 4.57 Å². The predicted octanol–water partition coefficient (Wildman–Crippen LogP) is 2.86. The Balaban J connectivity index is 2.52. The van der Waals surface area contributed by atoms with E-state index < -0.39 is 11.5 Å². The molecule has 0 aliphatic carbocycles. The van der Waals surface area contributed by atoms with Gasteiger partial charge in [-0.3, -0.25) is 0 Å². The number of benzene rings is 1. The number of ether oxygens (including phenoxy) is 1. The highest BCUT2D eigenvalue weighted by Gasteiger charge is 2.29. The maximum Gasteiger partial charge on any atom is 0.329 e. The van der Waals surface area contributed by atoms with Crippen molar-refractivity contribution >= 4 is 16.9 Å².